The van der Waals surface area contributed by atoms with Gasteiger partial charge in [0.1, 0.15) is 0 Å². The average molecular weight is 362 g/mol. The molecule has 3 N–H and O–H groups in total. The van der Waals surface area contributed by atoms with E-state index in [0.29, 0.717) is 12.5 Å². The first-order valence-corrected chi connectivity index (χ1v) is 10.0. The number of imide groups is 1. The Balaban J connectivity index is 1.28. The van der Waals surface area contributed by atoms with E-state index in [0.717, 1.165) is 63.2 Å². The number of primary amides is 1. The SMILES string of the molecule is NC(=O)NC(=O)CCN1CCN(C(=O)C23CC4CC(CC(C4)C2)C3)CC1. The molecule has 0 spiro atoms. The topological polar surface area (TPSA) is 95.7 Å². The largest absolute Gasteiger partial charge is 0.351 e. The van der Waals surface area contributed by atoms with E-state index in [1.54, 1.807) is 0 Å². The van der Waals surface area contributed by atoms with E-state index >= 15 is 0 Å². The van der Waals surface area contributed by atoms with Crippen molar-refractivity contribution in [2.24, 2.45) is 28.9 Å². The van der Waals surface area contributed by atoms with Gasteiger partial charge in [0.25, 0.3) is 0 Å². The average Bonchev–Trinajstić information content (AvgIpc) is 2.58. The Bertz CT molecular complexity index is 562. The third-order valence-corrected chi connectivity index (χ3v) is 7.07. The van der Waals surface area contributed by atoms with Crippen LogP contribution in [0.25, 0.3) is 0 Å². The lowest BCUT2D eigenvalue weighted by molar-refractivity contribution is -0.159. The minimum Gasteiger partial charge on any atom is -0.351 e. The molecule has 5 fully saturated rings. The van der Waals surface area contributed by atoms with Crippen molar-refractivity contribution in [2.45, 2.75) is 44.9 Å². The first-order valence-electron chi connectivity index (χ1n) is 10.0. The molecule has 7 heteroatoms. The van der Waals surface area contributed by atoms with Crippen LogP contribution in [0.1, 0.15) is 44.9 Å². The molecule has 0 atom stereocenters. The molecule has 0 aromatic carbocycles. The number of carbonyl (C=O) groups is 3. The first kappa shape index (κ1) is 17.8. The second kappa shape index (κ2) is 6.83. The fourth-order valence-corrected chi connectivity index (χ4v) is 6.34. The summed E-state index contributed by atoms with van der Waals surface area (Å²) in [6, 6.07) is -0.805. The van der Waals surface area contributed by atoms with Crippen molar-refractivity contribution < 1.29 is 14.4 Å². The molecule has 4 aliphatic carbocycles. The van der Waals surface area contributed by atoms with Gasteiger partial charge in [0, 0.05) is 39.1 Å². The summed E-state index contributed by atoms with van der Waals surface area (Å²) in [7, 11) is 0. The Labute approximate surface area is 154 Å². The van der Waals surface area contributed by atoms with Gasteiger partial charge in [-0.05, 0) is 56.3 Å². The zero-order chi connectivity index (χ0) is 18.3. The van der Waals surface area contributed by atoms with Gasteiger partial charge < -0.3 is 10.6 Å². The van der Waals surface area contributed by atoms with Gasteiger partial charge in [-0.2, -0.15) is 0 Å². The van der Waals surface area contributed by atoms with E-state index in [9.17, 15) is 14.4 Å². The highest BCUT2D eigenvalue weighted by Crippen LogP contribution is 2.60. The van der Waals surface area contributed by atoms with Crippen molar-refractivity contribution >= 4 is 17.8 Å². The van der Waals surface area contributed by atoms with Gasteiger partial charge in [0.2, 0.25) is 11.8 Å². The van der Waals surface area contributed by atoms with E-state index in [1.807, 2.05) is 0 Å². The molecule has 4 saturated carbocycles. The Morgan fingerprint density at radius 1 is 0.923 bits per heavy atom. The van der Waals surface area contributed by atoms with Crippen LogP contribution in [0.5, 0.6) is 0 Å². The van der Waals surface area contributed by atoms with Crippen LogP contribution in [0.15, 0.2) is 0 Å². The second-order valence-corrected chi connectivity index (χ2v) is 8.99. The predicted octanol–water partition coefficient (Wildman–Crippen LogP) is 0.932. The number of rotatable bonds is 4. The normalized spacial score (nSPS) is 36.2. The molecule has 4 amide bonds. The number of piperazine rings is 1. The van der Waals surface area contributed by atoms with Crippen molar-refractivity contribution in [1.29, 1.82) is 0 Å². The quantitative estimate of drug-likeness (QED) is 0.778. The minimum atomic E-state index is -0.805. The predicted molar refractivity (Wildman–Crippen MR) is 96.0 cm³/mol. The monoisotopic (exact) mass is 362 g/mol. The van der Waals surface area contributed by atoms with Crippen molar-refractivity contribution in [2.75, 3.05) is 32.7 Å². The van der Waals surface area contributed by atoms with E-state index in [1.165, 1.54) is 19.3 Å². The Morgan fingerprint density at radius 3 is 1.96 bits per heavy atom. The molecule has 4 bridgehead atoms. The van der Waals surface area contributed by atoms with Gasteiger partial charge in [-0.1, -0.05) is 0 Å². The van der Waals surface area contributed by atoms with E-state index < -0.39 is 6.03 Å². The lowest BCUT2D eigenvalue weighted by Gasteiger charge is -2.57. The standard InChI is InChI=1S/C19H30N4O3/c20-18(26)21-16(24)1-2-22-3-5-23(6-4-22)17(25)19-10-13-7-14(11-19)9-15(8-13)12-19/h13-15H,1-12H2,(H3,20,21,24,26). The molecule has 7 nitrogen and oxygen atoms in total. The lowest BCUT2D eigenvalue weighted by Crippen LogP contribution is -2.58. The smallest absolute Gasteiger partial charge is 0.318 e. The van der Waals surface area contributed by atoms with Gasteiger partial charge in [0.15, 0.2) is 0 Å². The van der Waals surface area contributed by atoms with Crippen LogP contribution in [0.3, 0.4) is 0 Å². The molecule has 5 aliphatic rings. The molecule has 0 aromatic rings. The van der Waals surface area contributed by atoms with Gasteiger partial charge in [0.05, 0.1) is 5.41 Å². The summed E-state index contributed by atoms with van der Waals surface area (Å²) in [4.78, 5) is 39.8. The molecule has 0 unspecified atom stereocenters. The third kappa shape index (κ3) is 3.46. The number of nitrogens with zero attached hydrogens (tertiary/aromatic N) is 2. The molecule has 1 saturated heterocycles. The maximum atomic E-state index is 13.3. The molecular weight excluding hydrogens is 332 g/mol. The van der Waals surface area contributed by atoms with Crippen LogP contribution in [-0.4, -0.2) is 60.4 Å². The summed E-state index contributed by atoms with van der Waals surface area (Å²) in [6.45, 7) is 3.68. The molecule has 0 radical (unpaired) electrons. The minimum absolute atomic E-state index is 0.0572. The summed E-state index contributed by atoms with van der Waals surface area (Å²) in [5.74, 6) is 2.42. The van der Waals surface area contributed by atoms with Crippen LogP contribution in [0, 0.1) is 23.2 Å². The highest BCUT2D eigenvalue weighted by atomic mass is 16.2. The second-order valence-electron chi connectivity index (χ2n) is 8.99. The number of carbonyl (C=O) groups excluding carboxylic acids is 3. The number of amides is 4. The van der Waals surface area contributed by atoms with Crippen LogP contribution >= 0.6 is 0 Å². The van der Waals surface area contributed by atoms with Crippen LogP contribution in [0.4, 0.5) is 4.79 Å². The van der Waals surface area contributed by atoms with Crippen molar-refractivity contribution in [1.82, 2.24) is 15.1 Å². The van der Waals surface area contributed by atoms with Crippen LogP contribution in [-0.2, 0) is 9.59 Å². The van der Waals surface area contributed by atoms with Crippen molar-refractivity contribution in [3.05, 3.63) is 0 Å². The summed E-state index contributed by atoms with van der Waals surface area (Å²) < 4.78 is 0. The molecule has 5 rings (SSSR count). The highest BCUT2D eigenvalue weighted by Gasteiger charge is 2.55. The highest BCUT2D eigenvalue weighted by molar-refractivity contribution is 5.93. The van der Waals surface area contributed by atoms with Crippen molar-refractivity contribution in [3.8, 4) is 0 Å². The summed E-state index contributed by atoms with van der Waals surface area (Å²) in [6.07, 6.45) is 7.67. The maximum Gasteiger partial charge on any atom is 0.318 e. The van der Waals surface area contributed by atoms with Crippen molar-refractivity contribution in [3.63, 3.8) is 0 Å². The number of nitrogens with two attached hydrogens (primary N) is 1. The molecular formula is C19H30N4O3. The lowest BCUT2D eigenvalue weighted by atomic mass is 9.49. The zero-order valence-corrected chi connectivity index (χ0v) is 15.4. The Kier molecular flexibility index (Phi) is 4.67. The van der Waals surface area contributed by atoms with Crippen LogP contribution < -0.4 is 11.1 Å². The third-order valence-electron chi connectivity index (χ3n) is 7.07. The van der Waals surface area contributed by atoms with Crippen LogP contribution in [0.2, 0.25) is 0 Å². The molecule has 26 heavy (non-hydrogen) atoms. The summed E-state index contributed by atoms with van der Waals surface area (Å²) in [5, 5.41) is 2.09. The fraction of sp³-hybridized carbons (Fsp3) is 0.842. The fourth-order valence-electron chi connectivity index (χ4n) is 6.34. The Morgan fingerprint density at radius 2 is 1.46 bits per heavy atom. The van der Waals surface area contributed by atoms with E-state index in [-0.39, 0.29) is 17.7 Å². The summed E-state index contributed by atoms with van der Waals surface area (Å²) in [5.41, 5.74) is 4.89. The Hall–Kier alpha value is -1.63. The van der Waals surface area contributed by atoms with E-state index in [4.69, 9.17) is 5.73 Å². The van der Waals surface area contributed by atoms with E-state index in [2.05, 4.69) is 15.1 Å². The van der Waals surface area contributed by atoms with Gasteiger partial charge in [-0.25, -0.2) is 4.79 Å². The number of hydrogen-bond donors (Lipinski definition) is 2. The van der Waals surface area contributed by atoms with Gasteiger partial charge in [-0.3, -0.25) is 19.8 Å². The number of hydrogen-bond acceptors (Lipinski definition) is 4. The molecule has 1 aliphatic heterocycles. The first-order chi connectivity index (χ1) is 12.4. The number of urea groups is 1. The number of nitrogens with one attached hydrogen (secondary N) is 1. The maximum absolute atomic E-state index is 13.3. The molecule has 0 aromatic heterocycles. The summed E-state index contributed by atoms with van der Waals surface area (Å²) >= 11 is 0. The molecule has 1 heterocycles. The zero-order valence-electron chi connectivity index (χ0n) is 15.4. The van der Waals surface area contributed by atoms with Gasteiger partial charge >= 0.3 is 6.03 Å². The van der Waals surface area contributed by atoms with Gasteiger partial charge in [-0.15, -0.1) is 0 Å². The molecule has 144 valence electrons.